The van der Waals surface area contributed by atoms with Crippen molar-refractivity contribution in [3.8, 4) is 0 Å². The molecule has 1 aliphatic heterocycles. The molecule has 0 spiro atoms. The van der Waals surface area contributed by atoms with Crippen molar-refractivity contribution in [2.75, 3.05) is 35.5 Å². The van der Waals surface area contributed by atoms with Gasteiger partial charge in [0, 0.05) is 43.1 Å². The van der Waals surface area contributed by atoms with Crippen molar-refractivity contribution in [1.29, 1.82) is 0 Å². The molecule has 0 aliphatic carbocycles. The molecule has 3 aromatic carbocycles. The lowest BCUT2D eigenvalue weighted by molar-refractivity contribution is 0.0954. The number of amides is 1. The molecule has 1 aliphatic rings. The number of carbonyl (C=O) groups is 1. The van der Waals surface area contributed by atoms with E-state index in [0.29, 0.717) is 18.7 Å². The highest BCUT2D eigenvalue weighted by molar-refractivity contribution is 7.59. The van der Waals surface area contributed by atoms with Crippen LogP contribution in [0.25, 0.3) is 0 Å². The van der Waals surface area contributed by atoms with E-state index >= 15 is 0 Å². The van der Waals surface area contributed by atoms with Crippen molar-refractivity contribution in [3.63, 3.8) is 0 Å². The van der Waals surface area contributed by atoms with Gasteiger partial charge < -0.3 is 14.7 Å². The molecular formula is C23H25N4OP. The van der Waals surface area contributed by atoms with Gasteiger partial charge in [-0.05, 0) is 36.4 Å². The predicted molar refractivity (Wildman–Crippen MR) is 121 cm³/mol. The molecule has 0 unspecified atom stereocenters. The third kappa shape index (κ3) is 4.76. The number of hydrogen-bond acceptors (Lipinski definition) is 4. The summed E-state index contributed by atoms with van der Waals surface area (Å²) in [5.41, 5.74) is 3.13. The highest BCUT2D eigenvalue weighted by Crippen LogP contribution is 2.49. The summed E-state index contributed by atoms with van der Waals surface area (Å²) in [6.07, 6.45) is 0. The quantitative estimate of drug-likeness (QED) is 0.456. The largest absolute Gasteiger partial charge is 0.351 e. The molecule has 0 bridgehead atoms. The van der Waals surface area contributed by atoms with Gasteiger partial charge in [-0.3, -0.25) is 9.88 Å². The molecule has 29 heavy (non-hydrogen) atoms. The zero-order valence-corrected chi connectivity index (χ0v) is 17.1. The van der Waals surface area contributed by atoms with Crippen LogP contribution in [0.2, 0.25) is 0 Å². The molecule has 1 fully saturated rings. The lowest BCUT2D eigenvalue weighted by atomic mass is 10.2. The van der Waals surface area contributed by atoms with Crippen molar-refractivity contribution in [2.24, 2.45) is 0 Å². The number of hydrogen-bond donors (Lipinski definition) is 2. The standard InChI is InChI=1S/C23H25N4OP/c28-23(20-10-4-1-5-11-20)24-16-17-25-29-26(21-12-6-2-7-13-21)18-19-27(29)22-14-8-3-9-15-22/h1-15,25H,16-19H2,(H,24,28). The highest BCUT2D eigenvalue weighted by Gasteiger charge is 2.32. The number of benzene rings is 3. The Labute approximate surface area is 173 Å². The molecule has 2 N–H and O–H groups in total. The number of para-hydroxylation sites is 2. The minimum Gasteiger partial charge on any atom is -0.351 e. The third-order valence-corrected chi connectivity index (χ3v) is 7.07. The summed E-state index contributed by atoms with van der Waals surface area (Å²) < 4.78 is 4.86. The van der Waals surface area contributed by atoms with E-state index in [1.54, 1.807) is 0 Å². The summed E-state index contributed by atoms with van der Waals surface area (Å²) in [5, 5.41) is 6.69. The fraction of sp³-hybridized carbons (Fsp3) is 0.174. The van der Waals surface area contributed by atoms with Gasteiger partial charge in [0.15, 0.2) is 8.37 Å². The first-order chi connectivity index (χ1) is 14.3. The van der Waals surface area contributed by atoms with E-state index in [0.717, 1.165) is 13.1 Å². The van der Waals surface area contributed by atoms with Gasteiger partial charge in [-0.2, -0.15) is 0 Å². The van der Waals surface area contributed by atoms with E-state index < -0.39 is 8.37 Å². The molecule has 0 atom stereocenters. The van der Waals surface area contributed by atoms with Gasteiger partial charge in [-0.1, -0.05) is 54.6 Å². The minimum absolute atomic E-state index is 0.0357. The second-order valence-corrected chi connectivity index (χ2v) is 8.60. The van der Waals surface area contributed by atoms with E-state index in [2.05, 4.69) is 68.3 Å². The Morgan fingerprint density at radius 3 is 1.72 bits per heavy atom. The van der Waals surface area contributed by atoms with Crippen LogP contribution in [0.4, 0.5) is 11.4 Å². The summed E-state index contributed by atoms with van der Waals surface area (Å²) in [7, 11) is -0.744. The maximum absolute atomic E-state index is 12.3. The normalized spacial score (nSPS) is 14.2. The van der Waals surface area contributed by atoms with E-state index in [9.17, 15) is 4.79 Å². The first-order valence-corrected chi connectivity index (χ1v) is 11.1. The molecule has 5 nitrogen and oxygen atoms in total. The lowest BCUT2D eigenvalue weighted by Gasteiger charge is -2.32. The molecule has 0 aromatic heterocycles. The van der Waals surface area contributed by atoms with Gasteiger partial charge in [0.25, 0.3) is 5.91 Å². The number of nitrogens with zero attached hydrogens (tertiary/aromatic N) is 2. The Kier molecular flexibility index (Phi) is 6.40. The molecular weight excluding hydrogens is 379 g/mol. The number of carbonyl (C=O) groups excluding carboxylic acids is 1. The highest BCUT2D eigenvalue weighted by atomic mass is 31.1. The van der Waals surface area contributed by atoms with Crippen LogP contribution in [-0.4, -0.2) is 32.1 Å². The van der Waals surface area contributed by atoms with Gasteiger partial charge in [-0.25, -0.2) is 0 Å². The van der Waals surface area contributed by atoms with Crippen molar-refractivity contribution < 1.29 is 4.79 Å². The molecule has 4 rings (SSSR count). The minimum atomic E-state index is -0.744. The Balaban J connectivity index is 1.41. The van der Waals surface area contributed by atoms with E-state index in [1.807, 2.05) is 42.5 Å². The van der Waals surface area contributed by atoms with Crippen LogP contribution in [0, 0.1) is 0 Å². The van der Waals surface area contributed by atoms with Crippen LogP contribution in [-0.2, 0) is 0 Å². The van der Waals surface area contributed by atoms with E-state index in [1.165, 1.54) is 11.4 Å². The first kappa shape index (κ1) is 19.4. The van der Waals surface area contributed by atoms with Crippen LogP contribution >= 0.6 is 8.37 Å². The lowest BCUT2D eigenvalue weighted by Crippen LogP contribution is -2.33. The zero-order chi connectivity index (χ0) is 19.9. The Morgan fingerprint density at radius 1 is 0.724 bits per heavy atom. The summed E-state index contributed by atoms with van der Waals surface area (Å²) >= 11 is 0. The molecule has 3 aromatic rings. The first-order valence-electron chi connectivity index (χ1n) is 9.85. The van der Waals surface area contributed by atoms with E-state index in [4.69, 9.17) is 0 Å². The smallest absolute Gasteiger partial charge is 0.251 e. The third-order valence-electron chi connectivity index (χ3n) is 4.79. The fourth-order valence-electron chi connectivity index (χ4n) is 3.38. The zero-order valence-electron chi connectivity index (χ0n) is 16.2. The Hall–Kier alpha value is -2.88. The van der Waals surface area contributed by atoms with Gasteiger partial charge in [0.2, 0.25) is 0 Å². The second kappa shape index (κ2) is 9.55. The maximum atomic E-state index is 12.3. The van der Waals surface area contributed by atoms with Crippen molar-refractivity contribution in [3.05, 3.63) is 96.6 Å². The van der Waals surface area contributed by atoms with E-state index in [-0.39, 0.29) is 5.91 Å². The molecule has 148 valence electrons. The molecule has 1 amide bonds. The Bertz CT molecular complexity index is 860. The van der Waals surface area contributed by atoms with Gasteiger partial charge in [0.05, 0.1) is 0 Å². The van der Waals surface area contributed by atoms with Crippen molar-refractivity contribution >= 4 is 25.7 Å². The number of nitrogens with one attached hydrogen (secondary N) is 2. The van der Waals surface area contributed by atoms with Crippen molar-refractivity contribution in [2.45, 2.75) is 0 Å². The molecule has 0 radical (unpaired) electrons. The van der Waals surface area contributed by atoms with Crippen LogP contribution in [0.5, 0.6) is 0 Å². The summed E-state index contributed by atoms with van der Waals surface area (Å²) in [4.78, 5) is 12.3. The fourth-order valence-corrected chi connectivity index (χ4v) is 5.56. The average molecular weight is 404 g/mol. The SMILES string of the molecule is O=C(NCCNP1N(c2ccccc2)CCN1c1ccccc1)c1ccccc1. The predicted octanol–water partition coefficient (Wildman–Crippen LogP) is 4.26. The summed E-state index contributed by atoms with van der Waals surface area (Å²) in [6.45, 7) is 3.22. The molecule has 0 saturated carbocycles. The van der Waals surface area contributed by atoms with Gasteiger partial charge in [-0.15, -0.1) is 0 Å². The van der Waals surface area contributed by atoms with Crippen LogP contribution < -0.4 is 19.7 Å². The molecule has 1 saturated heterocycles. The average Bonchev–Trinajstić information content (AvgIpc) is 3.22. The Morgan fingerprint density at radius 2 is 1.21 bits per heavy atom. The summed E-state index contributed by atoms with van der Waals surface area (Å²) in [5.74, 6) is -0.0357. The summed E-state index contributed by atoms with van der Waals surface area (Å²) in [6, 6.07) is 30.4. The second-order valence-electron chi connectivity index (χ2n) is 6.74. The molecule has 1 heterocycles. The number of rotatable bonds is 7. The van der Waals surface area contributed by atoms with Crippen molar-refractivity contribution in [1.82, 2.24) is 10.4 Å². The van der Waals surface area contributed by atoms with Crippen LogP contribution in [0.1, 0.15) is 10.4 Å². The maximum Gasteiger partial charge on any atom is 0.251 e. The van der Waals surface area contributed by atoms with Gasteiger partial charge >= 0.3 is 0 Å². The topological polar surface area (TPSA) is 47.6 Å². The monoisotopic (exact) mass is 404 g/mol. The van der Waals surface area contributed by atoms with Gasteiger partial charge in [0.1, 0.15) is 0 Å². The van der Waals surface area contributed by atoms with Crippen LogP contribution in [0.15, 0.2) is 91.0 Å². The van der Waals surface area contributed by atoms with Crippen LogP contribution in [0.3, 0.4) is 0 Å². The molecule has 6 heteroatoms. The number of anilines is 2.